The van der Waals surface area contributed by atoms with Gasteiger partial charge in [-0.1, -0.05) is 18.8 Å². The Hall–Kier alpha value is 0.330. The summed E-state index contributed by atoms with van der Waals surface area (Å²) in [7, 11) is 0. The second-order valence-corrected chi connectivity index (χ2v) is 2.90. The molecule has 0 saturated heterocycles. The standard InChI is InChI=1S/C8H12BrCl/c9-7-5-3-1-2-4-6-8-10/h1-4,6,8H2. The van der Waals surface area contributed by atoms with Gasteiger partial charge in [-0.15, -0.1) is 11.6 Å². The van der Waals surface area contributed by atoms with Crippen molar-refractivity contribution in [2.75, 3.05) is 5.88 Å². The molecule has 0 saturated carbocycles. The Bertz CT molecular complexity index is 112. The molecule has 58 valence electrons. The summed E-state index contributed by atoms with van der Waals surface area (Å²) in [6, 6.07) is 0. The molecule has 0 aromatic rings. The molecule has 0 aliphatic heterocycles. The number of hydrogen-bond acceptors (Lipinski definition) is 0. The minimum absolute atomic E-state index is 0.796. The highest BCUT2D eigenvalue weighted by Crippen LogP contribution is 2.02. The van der Waals surface area contributed by atoms with Crippen molar-refractivity contribution in [2.24, 2.45) is 0 Å². The van der Waals surface area contributed by atoms with Crippen LogP contribution in [0.5, 0.6) is 0 Å². The van der Waals surface area contributed by atoms with E-state index in [0.717, 1.165) is 18.7 Å². The summed E-state index contributed by atoms with van der Waals surface area (Å²) >= 11 is 8.56. The fraction of sp³-hybridized carbons (Fsp3) is 0.750. The van der Waals surface area contributed by atoms with Gasteiger partial charge in [-0.05, 0) is 17.7 Å². The normalized spacial score (nSPS) is 8.60. The lowest BCUT2D eigenvalue weighted by Crippen LogP contribution is -1.77. The number of alkyl halides is 1. The van der Waals surface area contributed by atoms with Crippen molar-refractivity contribution in [1.29, 1.82) is 0 Å². The molecule has 0 N–H and O–H groups in total. The first-order valence-corrected chi connectivity index (χ1v) is 4.89. The molecular formula is C8H12BrCl. The lowest BCUT2D eigenvalue weighted by Gasteiger charge is -1.93. The van der Waals surface area contributed by atoms with Gasteiger partial charge in [0.15, 0.2) is 0 Å². The molecule has 2 heteroatoms. The predicted octanol–water partition coefficient (Wildman–Crippen LogP) is 3.53. The van der Waals surface area contributed by atoms with Crippen LogP contribution in [0.3, 0.4) is 0 Å². The summed E-state index contributed by atoms with van der Waals surface area (Å²) in [5.41, 5.74) is 0. The lowest BCUT2D eigenvalue weighted by atomic mass is 10.2. The molecule has 10 heavy (non-hydrogen) atoms. The van der Waals surface area contributed by atoms with Crippen LogP contribution in [-0.2, 0) is 0 Å². The molecule has 0 unspecified atom stereocenters. The highest BCUT2D eigenvalue weighted by molar-refractivity contribution is 9.12. The smallest absolute Gasteiger partial charge is 0.0223 e. The van der Waals surface area contributed by atoms with E-state index in [9.17, 15) is 0 Å². The fourth-order valence-corrected chi connectivity index (χ4v) is 1.10. The third-order valence-electron chi connectivity index (χ3n) is 1.25. The van der Waals surface area contributed by atoms with E-state index >= 15 is 0 Å². The number of unbranched alkanes of at least 4 members (excludes halogenated alkanes) is 4. The lowest BCUT2D eigenvalue weighted by molar-refractivity contribution is 0.682. The molecule has 0 aromatic carbocycles. The van der Waals surface area contributed by atoms with Gasteiger partial charge in [-0.25, -0.2) is 0 Å². The van der Waals surface area contributed by atoms with Crippen molar-refractivity contribution in [1.82, 2.24) is 0 Å². The Balaban J connectivity index is 2.82. The summed E-state index contributed by atoms with van der Waals surface area (Å²) in [6.07, 6.45) is 5.86. The van der Waals surface area contributed by atoms with E-state index in [1.807, 2.05) is 0 Å². The number of halogens is 2. The Kier molecular flexibility index (Phi) is 9.64. The summed E-state index contributed by atoms with van der Waals surface area (Å²) in [5.74, 6) is 3.75. The van der Waals surface area contributed by atoms with Gasteiger partial charge in [0.2, 0.25) is 0 Å². The van der Waals surface area contributed by atoms with Gasteiger partial charge in [-0.2, -0.15) is 0 Å². The van der Waals surface area contributed by atoms with Crippen LogP contribution in [0.1, 0.15) is 32.1 Å². The summed E-state index contributed by atoms with van der Waals surface area (Å²) in [6.45, 7) is 0. The van der Waals surface area contributed by atoms with Crippen molar-refractivity contribution < 1.29 is 0 Å². The van der Waals surface area contributed by atoms with E-state index in [4.69, 9.17) is 11.6 Å². The monoisotopic (exact) mass is 222 g/mol. The SMILES string of the molecule is ClCCCCCCC#CBr. The summed E-state index contributed by atoms with van der Waals surface area (Å²) < 4.78 is 0. The molecule has 0 nitrogen and oxygen atoms in total. The summed E-state index contributed by atoms with van der Waals surface area (Å²) in [5, 5.41) is 0. The van der Waals surface area contributed by atoms with Crippen molar-refractivity contribution >= 4 is 27.5 Å². The molecule has 0 aliphatic rings. The molecule has 0 bridgehead atoms. The number of rotatable bonds is 5. The third-order valence-corrected chi connectivity index (χ3v) is 1.80. The molecule has 0 amide bonds. The molecule has 0 atom stereocenters. The molecule has 0 radical (unpaired) electrons. The second-order valence-electron chi connectivity index (χ2n) is 2.12. The van der Waals surface area contributed by atoms with Gasteiger partial charge in [0.25, 0.3) is 0 Å². The number of hydrogen-bond donors (Lipinski definition) is 0. The molecular weight excluding hydrogens is 211 g/mol. The van der Waals surface area contributed by atoms with Crippen LogP contribution in [0.15, 0.2) is 0 Å². The van der Waals surface area contributed by atoms with Crippen LogP contribution in [-0.4, -0.2) is 5.88 Å². The second kappa shape index (κ2) is 9.33. The maximum Gasteiger partial charge on any atom is 0.0223 e. The van der Waals surface area contributed by atoms with Gasteiger partial charge in [-0.3, -0.25) is 0 Å². The predicted molar refractivity (Wildman–Crippen MR) is 50.5 cm³/mol. The van der Waals surface area contributed by atoms with Crippen molar-refractivity contribution in [2.45, 2.75) is 32.1 Å². The zero-order valence-electron chi connectivity index (χ0n) is 6.00. The first-order valence-electron chi connectivity index (χ1n) is 3.56. The van der Waals surface area contributed by atoms with Gasteiger partial charge >= 0.3 is 0 Å². The topological polar surface area (TPSA) is 0 Å². The maximum absolute atomic E-state index is 5.51. The van der Waals surface area contributed by atoms with E-state index in [-0.39, 0.29) is 0 Å². The Morgan fingerprint density at radius 3 is 2.40 bits per heavy atom. The van der Waals surface area contributed by atoms with Gasteiger partial charge in [0.05, 0.1) is 0 Å². The van der Waals surface area contributed by atoms with Crippen LogP contribution in [0.25, 0.3) is 0 Å². The summed E-state index contributed by atoms with van der Waals surface area (Å²) in [4.78, 5) is 2.70. The molecule has 0 aromatic heterocycles. The Morgan fingerprint density at radius 1 is 1.10 bits per heavy atom. The molecule has 0 heterocycles. The highest BCUT2D eigenvalue weighted by atomic mass is 79.9. The van der Waals surface area contributed by atoms with Gasteiger partial charge < -0.3 is 0 Å². The zero-order valence-corrected chi connectivity index (χ0v) is 8.34. The molecule has 0 aliphatic carbocycles. The van der Waals surface area contributed by atoms with E-state index in [1.54, 1.807) is 0 Å². The van der Waals surface area contributed by atoms with Crippen molar-refractivity contribution in [3.63, 3.8) is 0 Å². The van der Waals surface area contributed by atoms with Crippen LogP contribution in [0.2, 0.25) is 0 Å². The van der Waals surface area contributed by atoms with E-state index in [2.05, 4.69) is 26.7 Å². The largest absolute Gasteiger partial charge is 0.127 e. The third kappa shape index (κ3) is 8.33. The highest BCUT2D eigenvalue weighted by Gasteiger charge is 1.85. The first-order chi connectivity index (χ1) is 4.91. The van der Waals surface area contributed by atoms with Crippen LogP contribution < -0.4 is 0 Å². The molecule has 0 rings (SSSR count). The van der Waals surface area contributed by atoms with E-state index in [1.165, 1.54) is 19.3 Å². The van der Waals surface area contributed by atoms with Crippen LogP contribution in [0, 0.1) is 10.8 Å². The van der Waals surface area contributed by atoms with Crippen molar-refractivity contribution in [3.8, 4) is 10.8 Å². The maximum atomic E-state index is 5.51. The van der Waals surface area contributed by atoms with Gasteiger partial charge in [0.1, 0.15) is 0 Å². The van der Waals surface area contributed by atoms with Crippen molar-refractivity contribution in [3.05, 3.63) is 0 Å². The average molecular weight is 224 g/mol. The Morgan fingerprint density at radius 2 is 1.80 bits per heavy atom. The van der Waals surface area contributed by atoms with E-state index < -0.39 is 0 Å². The van der Waals surface area contributed by atoms with E-state index in [0.29, 0.717) is 0 Å². The first kappa shape index (κ1) is 10.3. The van der Waals surface area contributed by atoms with Crippen LogP contribution in [0.4, 0.5) is 0 Å². The van der Waals surface area contributed by atoms with Gasteiger partial charge in [0, 0.05) is 28.2 Å². The van der Waals surface area contributed by atoms with Crippen LogP contribution >= 0.6 is 27.5 Å². The minimum Gasteiger partial charge on any atom is -0.127 e. The zero-order chi connectivity index (χ0) is 7.66. The molecule has 0 spiro atoms. The Labute approximate surface area is 76.5 Å². The molecule has 0 fully saturated rings. The quantitative estimate of drug-likeness (QED) is 0.380. The minimum atomic E-state index is 0.796. The fourth-order valence-electron chi connectivity index (χ4n) is 0.709. The average Bonchev–Trinajstić information content (AvgIpc) is 1.97.